The Kier molecular flexibility index (Phi) is 3.84. The SMILES string of the molecule is COc1ccccc1Cn1c(CCl)nc2ccc(C)cc21. The molecule has 0 unspecified atom stereocenters. The van der Waals surface area contributed by atoms with Crippen molar-refractivity contribution in [1.29, 1.82) is 0 Å². The average molecular weight is 301 g/mol. The third kappa shape index (κ3) is 2.61. The van der Waals surface area contributed by atoms with Crippen LogP contribution in [0.25, 0.3) is 11.0 Å². The van der Waals surface area contributed by atoms with Crippen molar-refractivity contribution in [2.24, 2.45) is 0 Å². The first kappa shape index (κ1) is 14.0. The number of para-hydroxylation sites is 1. The fourth-order valence-electron chi connectivity index (χ4n) is 2.57. The third-order valence-electron chi connectivity index (χ3n) is 3.62. The van der Waals surface area contributed by atoms with Crippen LogP contribution in [0.3, 0.4) is 0 Å². The molecule has 0 fully saturated rings. The van der Waals surface area contributed by atoms with E-state index in [-0.39, 0.29) is 0 Å². The molecule has 3 aromatic rings. The van der Waals surface area contributed by atoms with E-state index in [1.807, 2.05) is 24.3 Å². The van der Waals surface area contributed by atoms with Crippen molar-refractivity contribution in [3.05, 3.63) is 59.4 Å². The topological polar surface area (TPSA) is 27.1 Å². The summed E-state index contributed by atoms with van der Waals surface area (Å²) in [6, 6.07) is 14.3. The van der Waals surface area contributed by atoms with E-state index in [0.717, 1.165) is 28.2 Å². The zero-order valence-electron chi connectivity index (χ0n) is 12.1. The molecule has 0 saturated carbocycles. The highest BCUT2D eigenvalue weighted by Gasteiger charge is 2.12. The maximum atomic E-state index is 6.07. The zero-order valence-corrected chi connectivity index (χ0v) is 12.9. The predicted octanol–water partition coefficient (Wildman–Crippen LogP) is 4.14. The monoisotopic (exact) mass is 300 g/mol. The molecule has 0 aliphatic carbocycles. The molecule has 0 bridgehead atoms. The minimum Gasteiger partial charge on any atom is -0.496 e. The number of alkyl halides is 1. The largest absolute Gasteiger partial charge is 0.496 e. The summed E-state index contributed by atoms with van der Waals surface area (Å²) in [5.41, 5.74) is 4.42. The van der Waals surface area contributed by atoms with Crippen molar-refractivity contribution < 1.29 is 4.74 Å². The van der Waals surface area contributed by atoms with Crippen LogP contribution in [0.5, 0.6) is 5.75 Å². The van der Waals surface area contributed by atoms with Gasteiger partial charge in [0, 0.05) is 5.56 Å². The molecule has 1 heterocycles. The molecule has 1 aromatic heterocycles. The molecule has 3 rings (SSSR count). The number of imidazole rings is 1. The van der Waals surface area contributed by atoms with Gasteiger partial charge in [-0.3, -0.25) is 0 Å². The van der Waals surface area contributed by atoms with Gasteiger partial charge in [-0.05, 0) is 30.7 Å². The molecule has 2 aromatic carbocycles. The molecular formula is C17H17ClN2O. The molecule has 21 heavy (non-hydrogen) atoms. The molecule has 0 amide bonds. The fourth-order valence-corrected chi connectivity index (χ4v) is 2.77. The number of rotatable bonds is 4. The molecule has 0 aliphatic heterocycles. The van der Waals surface area contributed by atoms with Gasteiger partial charge < -0.3 is 9.30 Å². The maximum Gasteiger partial charge on any atom is 0.125 e. The number of benzene rings is 2. The van der Waals surface area contributed by atoms with Crippen molar-refractivity contribution in [2.45, 2.75) is 19.3 Å². The van der Waals surface area contributed by atoms with Gasteiger partial charge in [-0.25, -0.2) is 4.98 Å². The van der Waals surface area contributed by atoms with E-state index >= 15 is 0 Å². The van der Waals surface area contributed by atoms with E-state index in [1.165, 1.54) is 5.56 Å². The summed E-state index contributed by atoms with van der Waals surface area (Å²) in [5, 5.41) is 0. The summed E-state index contributed by atoms with van der Waals surface area (Å²) in [6.45, 7) is 2.78. The van der Waals surface area contributed by atoms with Gasteiger partial charge in [-0.15, -0.1) is 11.6 Å². The number of aromatic nitrogens is 2. The first-order valence-corrected chi connectivity index (χ1v) is 7.40. The van der Waals surface area contributed by atoms with Crippen LogP contribution in [0.4, 0.5) is 0 Å². The van der Waals surface area contributed by atoms with Crippen molar-refractivity contribution in [1.82, 2.24) is 9.55 Å². The van der Waals surface area contributed by atoms with Crippen molar-refractivity contribution >= 4 is 22.6 Å². The summed E-state index contributed by atoms with van der Waals surface area (Å²) in [4.78, 5) is 4.61. The highest BCUT2D eigenvalue weighted by Crippen LogP contribution is 2.24. The van der Waals surface area contributed by atoms with E-state index < -0.39 is 0 Å². The van der Waals surface area contributed by atoms with Crippen LogP contribution in [-0.2, 0) is 12.4 Å². The quantitative estimate of drug-likeness (QED) is 0.677. The Morgan fingerprint density at radius 1 is 1.19 bits per heavy atom. The standard InChI is InChI=1S/C17H17ClN2O/c1-12-7-8-14-15(9-12)20(17(10-18)19-14)11-13-5-3-4-6-16(13)21-2/h3-9H,10-11H2,1-2H3. The number of hydrogen-bond acceptors (Lipinski definition) is 2. The van der Waals surface area contributed by atoms with Gasteiger partial charge in [0.2, 0.25) is 0 Å². The van der Waals surface area contributed by atoms with Gasteiger partial charge in [-0.2, -0.15) is 0 Å². The number of nitrogens with zero attached hydrogens (tertiary/aromatic N) is 2. The molecule has 4 heteroatoms. The van der Waals surface area contributed by atoms with Crippen LogP contribution in [0, 0.1) is 6.92 Å². The number of halogens is 1. The van der Waals surface area contributed by atoms with Crippen LogP contribution >= 0.6 is 11.6 Å². The lowest BCUT2D eigenvalue weighted by Crippen LogP contribution is -2.05. The lowest BCUT2D eigenvalue weighted by molar-refractivity contribution is 0.408. The van der Waals surface area contributed by atoms with Crippen LogP contribution in [0.15, 0.2) is 42.5 Å². The summed E-state index contributed by atoms with van der Waals surface area (Å²) < 4.78 is 7.60. The smallest absolute Gasteiger partial charge is 0.125 e. The summed E-state index contributed by atoms with van der Waals surface area (Å²) in [7, 11) is 1.69. The lowest BCUT2D eigenvalue weighted by atomic mass is 10.2. The molecule has 0 N–H and O–H groups in total. The minimum absolute atomic E-state index is 0.392. The van der Waals surface area contributed by atoms with Gasteiger partial charge >= 0.3 is 0 Å². The number of fused-ring (bicyclic) bond motifs is 1. The normalized spacial score (nSPS) is 11.0. The van der Waals surface area contributed by atoms with Crippen molar-refractivity contribution in [3.63, 3.8) is 0 Å². The molecule has 0 atom stereocenters. The summed E-state index contributed by atoms with van der Waals surface area (Å²) in [6.07, 6.45) is 0. The van der Waals surface area contributed by atoms with E-state index in [1.54, 1.807) is 7.11 Å². The number of methoxy groups -OCH3 is 1. The van der Waals surface area contributed by atoms with E-state index in [0.29, 0.717) is 12.4 Å². The van der Waals surface area contributed by atoms with Crippen molar-refractivity contribution in [3.8, 4) is 5.75 Å². The van der Waals surface area contributed by atoms with E-state index in [4.69, 9.17) is 16.3 Å². The Balaban J connectivity index is 2.12. The van der Waals surface area contributed by atoms with Crippen LogP contribution in [-0.4, -0.2) is 16.7 Å². The van der Waals surface area contributed by atoms with Gasteiger partial charge in [0.1, 0.15) is 11.6 Å². The molecule has 0 radical (unpaired) electrons. The number of hydrogen-bond donors (Lipinski definition) is 0. The second kappa shape index (κ2) is 5.78. The van der Waals surface area contributed by atoms with Crippen molar-refractivity contribution in [2.75, 3.05) is 7.11 Å². The Bertz CT molecular complexity index is 780. The second-order valence-corrected chi connectivity index (χ2v) is 5.32. The second-order valence-electron chi connectivity index (χ2n) is 5.05. The molecular weight excluding hydrogens is 284 g/mol. The van der Waals surface area contributed by atoms with Gasteiger partial charge in [0.15, 0.2) is 0 Å². The summed E-state index contributed by atoms with van der Waals surface area (Å²) in [5.74, 6) is 2.15. The molecule has 3 nitrogen and oxygen atoms in total. The van der Waals surface area contributed by atoms with E-state index in [2.05, 4.69) is 34.7 Å². The van der Waals surface area contributed by atoms with Gasteiger partial charge in [-0.1, -0.05) is 24.3 Å². The molecule has 108 valence electrons. The lowest BCUT2D eigenvalue weighted by Gasteiger charge is -2.11. The van der Waals surface area contributed by atoms with Crippen LogP contribution in [0.2, 0.25) is 0 Å². The van der Waals surface area contributed by atoms with Gasteiger partial charge in [0.25, 0.3) is 0 Å². The van der Waals surface area contributed by atoms with Crippen LogP contribution in [0.1, 0.15) is 17.0 Å². The Labute approximate surface area is 129 Å². The summed E-state index contributed by atoms with van der Waals surface area (Å²) >= 11 is 6.07. The number of aryl methyl sites for hydroxylation is 1. The minimum atomic E-state index is 0.392. The highest BCUT2D eigenvalue weighted by molar-refractivity contribution is 6.16. The number of ether oxygens (including phenoxy) is 1. The molecule has 0 aliphatic rings. The molecule has 0 saturated heterocycles. The third-order valence-corrected chi connectivity index (χ3v) is 3.86. The van der Waals surface area contributed by atoms with Crippen LogP contribution < -0.4 is 4.74 Å². The predicted molar refractivity (Wildman–Crippen MR) is 86.1 cm³/mol. The van der Waals surface area contributed by atoms with E-state index in [9.17, 15) is 0 Å². The van der Waals surface area contributed by atoms with Gasteiger partial charge in [0.05, 0.1) is 30.6 Å². The fraction of sp³-hybridized carbons (Fsp3) is 0.235. The Morgan fingerprint density at radius 3 is 2.76 bits per heavy atom. The zero-order chi connectivity index (χ0) is 14.8. The Hall–Kier alpha value is -2.00. The molecule has 0 spiro atoms. The highest BCUT2D eigenvalue weighted by atomic mass is 35.5. The first-order valence-electron chi connectivity index (χ1n) is 6.86. The average Bonchev–Trinajstić information content (AvgIpc) is 2.85. The first-order chi connectivity index (χ1) is 10.2. The Morgan fingerprint density at radius 2 is 2.00 bits per heavy atom. The maximum absolute atomic E-state index is 6.07.